The van der Waals surface area contributed by atoms with E-state index in [4.69, 9.17) is 5.11 Å². The van der Waals surface area contributed by atoms with Gasteiger partial charge in [0.25, 0.3) is 0 Å². The molecule has 1 unspecified atom stereocenters. The zero-order valence-corrected chi connectivity index (χ0v) is 18.4. The fraction of sp³-hybridized carbons (Fsp3) is 0.577. The van der Waals surface area contributed by atoms with Crippen molar-refractivity contribution in [3.63, 3.8) is 0 Å². The lowest BCUT2D eigenvalue weighted by molar-refractivity contribution is -0.131. The number of hydrogen-bond acceptors (Lipinski definition) is 1. The lowest BCUT2D eigenvalue weighted by atomic mass is 9.52. The smallest absolute Gasteiger partial charge is 0.328 e. The number of hydrogen-bond donors (Lipinski definition) is 1. The van der Waals surface area contributed by atoms with Gasteiger partial charge in [-0.15, -0.1) is 0 Å². The van der Waals surface area contributed by atoms with Gasteiger partial charge in [0.2, 0.25) is 0 Å². The Balaban J connectivity index is 0.00000109. The fourth-order valence-electron chi connectivity index (χ4n) is 5.34. The summed E-state index contributed by atoms with van der Waals surface area (Å²) in [4.78, 5) is 10.8. The number of allylic oxidation sites excluding steroid dienone is 3. The van der Waals surface area contributed by atoms with E-state index < -0.39 is 5.97 Å². The average Bonchev–Trinajstić information content (AvgIpc) is 3.34. The van der Waals surface area contributed by atoms with Crippen LogP contribution < -0.4 is 0 Å². The van der Waals surface area contributed by atoms with E-state index in [1.807, 2.05) is 26.8 Å². The molecule has 0 aliphatic heterocycles. The number of carbonyl (C=O) groups is 1. The summed E-state index contributed by atoms with van der Waals surface area (Å²) in [5, 5.41) is 8.84. The van der Waals surface area contributed by atoms with E-state index in [9.17, 15) is 4.79 Å². The second-order valence-electron chi connectivity index (χ2n) is 9.70. The highest BCUT2D eigenvalue weighted by molar-refractivity contribution is 5.81. The molecule has 0 aromatic heterocycles. The highest BCUT2D eigenvalue weighted by Gasteiger charge is 2.52. The number of carboxylic acid groups (broad SMARTS) is 1. The maximum Gasteiger partial charge on any atom is 0.328 e. The summed E-state index contributed by atoms with van der Waals surface area (Å²) in [6.45, 7) is 13.1. The van der Waals surface area contributed by atoms with Crippen molar-refractivity contribution in [3.05, 3.63) is 58.7 Å². The third kappa shape index (κ3) is 3.47. The van der Waals surface area contributed by atoms with Crippen LogP contribution in [0, 0.1) is 5.92 Å². The predicted octanol–water partition coefficient (Wildman–Crippen LogP) is 6.68. The van der Waals surface area contributed by atoms with Crippen molar-refractivity contribution in [2.45, 2.75) is 89.9 Å². The monoisotopic (exact) mass is 380 g/mol. The van der Waals surface area contributed by atoms with Crippen molar-refractivity contribution >= 4 is 5.97 Å². The van der Waals surface area contributed by atoms with Gasteiger partial charge in [0, 0.05) is 6.08 Å². The van der Waals surface area contributed by atoms with Gasteiger partial charge in [0.15, 0.2) is 0 Å². The maximum atomic E-state index is 10.8. The Bertz CT molecular complexity index is 821. The van der Waals surface area contributed by atoms with Crippen LogP contribution in [0.3, 0.4) is 0 Å². The number of aliphatic carboxylic acids is 1. The van der Waals surface area contributed by atoms with Crippen molar-refractivity contribution in [2.75, 3.05) is 0 Å². The van der Waals surface area contributed by atoms with Crippen molar-refractivity contribution < 1.29 is 9.90 Å². The molecule has 4 aliphatic rings. The summed E-state index contributed by atoms with van der Waals surface area (Å²) in [5.41, 5.74) is 6.40. The van der Waals surface area contributed by atoms with Crippen molar-refractivity contribution in [1.82, 2.24) is 0 Å². The lowest BCUT2D eigenvalue weighted by Gasteiger charge is -2.52. The van der Waals surface area contributed by atoms with Crippen LogP contribution in [0.5, 0.6) is 0 Å². The van der Waals surface area contributed by atoms with E-state index in [2.05, 4.69) is 45.0 Å². The van der Waals surface area contributed by atoms with Crippen molar-refractivity contribution in [1.29, 1.82) is 0 Å². The molecule has 5 rings (SSSR count). The Morgan fingerprint density at radius 2 is 1.61 bits per heavy atom. The van der Waals surface area contributed by atoms with Crippen LogP contribution in [0.2, 0.25) is 0 Å². The topological polar surface area (TPSA) is 37.3 Å². The molecular weight excluding hydrogens is 344 g/mol. The second kappa shape index (κ2) is 7.21. The summed E-state index contributed by atoms with van der Waals surface area (Å²) >= 11 is 0. The molecular formula is C26H36O2. The van der Waals surface area contributed by atoms with Gasteiger partial charge in [0.1, 0.15) is 0 Å². The van der Waals surface area contributed by atoms with E-state index in [1.54, 1.807) is 11.1 Å². The molecule has 0 heterocycles. The van der Waals surface area contributed by atoms with E-state index in [0.29, 0.717) is 16.7 Å². The van der Waals surface area contributed by atoms with E-state index >= 15 is 0 Å². The molecule has 152 valence electrons. The zero-order valence-electron chi connectivity index (χ0n) is 18.4. The lowest BCUT2D eigenvalue weighted by Crippen LogP contribution is -2.44. The average molecular weight is 381 g/mol. The molecule has 2 fully saturated rings. The van der Waals surface area contributed by atoms with Crippen LogP contribution in [0.15, 0.2) is 42.0 Å². The van der Waals surface area contributed by atoms with Crippen LogP contribution in [-0.2, 0) is 21.0 Å². The Hall–Kier alpha value is -1.83. The molecule has 2 saturated carbocycles. The molecule has 0 saturated heterocycles. The summed E-state index contributed by atoms with van der Waals surface area (Å²) in [6, 6.07) is 7.29. The van der Waals surface area contributed by atoms with Gasteiger partial charge in [-0.2, -0.15) is 0 Å². The fourth-order valence-corrected chi connectivity index (χ4v) is 5.34. The molecule has 0 spiro atoms. The van der Waals surface area contributed by atoms with Gasteiger partial charge in [-0.1, -0.05) is 65.0 Å². The molecule has 2 atom stereocenters. The van der Waals surface area contributed by atoms with Crippen LogP contribution in [0.25, 0.3) is 0 Å². The minimum Gasteiger partial charge on any atom is -0.478 e. The highest BCUT2D eigenvalue weighted by Crippen LogP contribution is 2.59. The first-order valence-electron chi connectivity index (χ1n) is 10.9. The molecule has 0 radical (unpaired) electrons. The number of rotatable bonds is 4. The van der Waals surface area contributed by atoms with E-state index in [1.165, 1.54) is 37.3 Å². The number of carboxylic acids is 1. The maximum absolute atomic E-state index is 10.8. The Morgan fingerprint density at radius 1 is 1.04 bits per heavy atom. The summed E-state index contributed by atoms with van der Waals surface area (Å²) in [6.07, 6.45) is 11.9. The van der Waals surface area contributed by atoms with Crippen molar-refractivity contribution in [2.24, 2.45) is 5.92 Å². The molecule has 1 N–H and O–H groups in total. The first-order chi connectivity index (χ1) is 13.2. The summed E-state index contributed by atoms with van der Waals surface area (Å²) in [5.74, 6) is -0.376. The Morgan fingerprint density at radius 3 is 2.18 bits per heavy atom. The second-order valence-corrected chi connectivity index (χ2v) is 9.70. The van der Waals surface area contributed by atoms with Gasteiger partial charge < -0.3 is 5.11 Å². The van der Waals surface area contributed by atoms with E-state index in [0.717, 1.165) is 12.0 Å². The molecule has 1 aromatic rings. The van der Waals surface area contributed by atoms with Crippen LogP contribution in [-0.4, -0.2) is 11.1 Å². The Labute approximate surface area is 170 Å². The number of fused-ring (bicyclic) bond motifs is 2. The van der Waals surface area contributed by atoms with Crippen molar-refractivity contribution in [3.8, 4) is 0 Å². The highest BCUT2D eigenvalue weighted by atomic mass is 16.4. The molecule has 0 amide bonds. The van der Waals surface area contributed by atoms with Crippen LogP contribution in [0.4, 0.5) is 0 Å². The zero-order chi connectivity index (χ0) is 20.7. The molecule has 2 nitrogen and oxygen atoms in total. The summed E-state index contributed by atoms with van der Waals surface area (Å²) < 4.78 is 0. The largest absolute Gasteiger partial charge is 0.478 e. The van der Waals surface area contributed by atoms with Crippen LogP contribution in [0.1, 0.15) is 90.3 Å². The summed E-state index contributed by atoms with van der Waals surface area (Å²) in [7, 11) is 0. The number of benzene rings is 1. The predicted molar refractivity (Wildman–Crippen MR) is 117 cm³/mol. The Kier molecular flexibility index (Phi) is 5.38. The molecule has 2 heteroatoms. The molecule has 28 heavy (non-hydrogen) atoms. The standard InChI is InChI=1S/C24H30O2.C2H6/c1-16(13-21(25)26)5-6-18-15-24(18,4)17-7-8-19-20(14-17)23(3)11-9-22(19,2)10-12-23;1-2/h5-8,13-14,18H,9-12,15H2,1-4H3,(H,25,26);1-2H3/b6-5+,16-13+;/t18?,22?,23?,24-;/m1./s1. The minimum absolute atomic E-state index is 0.197. The third-order valence-corrected chi connectivity index (χ3v) is 7.68. The third-order valence-electron chi connectivity index (χ3n) is 7.68. The van der Waals surface area contributed by atoms with Crippen LogP contribution >= 0.6 is 0 Å². The van der Waals surface area contributed by atoms with Gasteiger partial charge >= 0.3 is 5.97 Å². The first-order valence-corrected chi connectivity index (χ1v) is 10.9. The van der Waals surface area contributed by atoms with Gasteiger partial charge in [-0.25, -0.2) is 4.79 Å². The van der Waals surface area contributed by atoms with E-state index in [-0.39, 0.29) is 5.41 Å². The molecule has 4 aliphatic carbocycles. The molecule has 1 aromatic carbocycles. The minimum atomic E-state index is -0.878. The quantitative estimate of drug-likeness (QED) is 0.467. The SMILES string of the molecule is CC.CC(/C=C/C1C[C@]1(C)c1ccc2c(c1)C1(C)CCC2(C)CC1)=C\C(=O)O. The molecule has 2 bridgehead atoms. The first kappa shape index (κ1) is 20.9. The van der Waals surface area contributed by atoms with Gasteiger partial charge in [-0.3, -0.25) is 0 Å². The normalized spacial score (nSPS) is 35.9. The van der Waals surface area contributed by atoms with Gasteiger partial charge in [0.05, 0.1) is 0 Å². The van der Waals surface area contributed by atoms with Gasteiger partial charge in [-0.05, 0) is 83.5 Å².